The van der Waals surface area contributed by atoms with E-state index >= 15 is 0 Å². The summed E-state index contributed by atoms with van der Waals surface area (Å²) >= 11 is 0. The van der Waals surface area contributed by atoms with Crippen LogP contribution in [-0.2, 0) is 0 Å². The van der Waals surface area contributed by atoms with Crippen molar-refractivity contribution in [1.29, 1.82) is 0 Å². The Morgan fingerprint density at radius 2 is 2.14 bits per heavy atom. The average Bonchev–Trinajstić information content (AvgIpc) is 2.84. The maximum atomic E-state index is 5.98. The Bertz CT molecular complexity index is 156. The normalized spacial score (nSPS) is 28.1. The van der Waals surface area contributed by atoms with E-state index in [9.17, 15) is 0 Å². The highest BCUT2D eigenvalue weighted by atomic mass is 15.0. The predicted octanol–water partition coefficient (Wildman–Crippen LogP) is 2.14. The first kappa shape index (κ1) is 12.0. The summed E-state index contributed by atoms with van der Waals surface area (Å²) < 4.78 is 0. The molecule has 1 aliphatic rings. The average molecular weight is 198 g/mol. The highest BCUT2D eigenvalue weighted by Crippen LogP contribution is 2.34. The maximum Gasteiger partial charge on any atom is 0.00991 e. The van der Waals surface area contributed by atoms with E-state index in [-0.39, 0.29) is 0 Å². The molecule has 2 heteroatoms. The lowest BCUT2D eigenvalue weighted by Crippen LogP contribution is -2.31. The lowest BCUT2D eigenvalue weighted by molar-refractivity contribution is 0.444. The molecule has 0 saturated heterocycles. The van der Waals surface area contributed by atoms with Crippen molar-refractivity contribution in [1.82, 2.24) is 5.32 Å². The van der Waals surface area contributed by atoms with Crippen molar-refractivity contribution in [3.05, 3.63) is 0 Å². The fourth-order valence-corrected chi connectivity index (χ4v) is 1.96. The van der Waals surface area contributed by atoms with Crippen LogP contribution >= 0.6 is 0 Å². The van der Waals surface area contributed by atoms with Gasteiger partial charge in [0.2, 0.25) is 0 Å². The summed E-state index contributed by atoms with van der Waals surface area (Å²) in [5.74, 6) is 1.58. The Balaban J connectivity index is 1.95. The fraction of sp³-hybridized carbons (Fsp3) is 1.00. The van der Waals surface area contributed by atoms with Gasteiger partial charge in [0.15, 0.2) is 0 Å². The number of hydrogen-bond acceptors (Lipinski definition) is 2. The molecule has 0 aromatic rings. The molecule has 0 aliphatic heterocycles. The zero-order valence-electron chi connectivity index (χ0n) is 9.92. The molecule has 0 heterocycles. The molecule has 1 rings (SSSR count). The van der Waals surface area contributed by atoms with E-state index in [0.717, 1.165) is 24.9 Å². The molecule has 1 saturated carbocycles. The maximum absolute atomic E-state index is 5.98. The summed E-state index contributed by atoms with van der Waals surface area (Å²) in [6, 6.07) is 1.18. The molecule has 0 amide bonds. The van der Waals surface area contributed by atoms with Crippen molar-refractivity contribution in [2.75, 3.05) is 6.54 Å². The van der Waals surface area contributed by atoms with Crippen LogP contribution in [0.15, 0.2) is 0 Å². The van der Waals surface area contributed by atoms with E-state index in [2.05, 4.69) is 26.1 Å². The van der Waals surface area contributed by atoms with E-state index < -0.39 is 0 Å². The molecule has 0 aromatic heterocycles. The number of nitrogens with two attached hydrogens (primary N) is 1. The third-order valence-electron chi connectivity index (χ3n) is 3.32. The first-order valence-corrected chi connectivity index (χ1v) is 6.14. The molecule has 1 fully saturated rings. The van der Waals surface area contributed by atoms with Gasteiger partial charge in [-0.1, -0.05) is 27.2 Å². The third-order valence-corrected chi connectivity index (χ3v) is 3.32. The van der Waals surface area contributed by atoms with Gasteiger partial charge < -0.3 is 11.1 Å². The van der Waals surface area contributed by atoms with Crippen LogP contribution in [0.1, 0.15) is 46.5 Å². The van der Waals surface area contributed by atoms with Crippen molar-refractivity contribution in [2.24, 2.45) is 17.6 Å². The lowest BCUT2D eigenvalue weighted by Gasteiger charge is -2.15. The minimum absolute atomic E-state index is 0.367. The van der Waals surface area contributed by atoms with Crippen LogP contribution in [-0.4, -0.2) is 18.6 Å². The third kappa shape index (κ3) is 3.97. The minimum atomic E-state index is 0.367. The van der Waals surface area contributed by atoms with Gasteiger partial charge in [0.05, 0.1) is 0 Å². The van der Waals surface area contributed by atoms with Crippen molar-refractivity contribution < 1.29 is 0 Å². The van der Waals surface area contributed by atoms with Gasteiger partial charge in [-0.25, -0.2) is 0 Å². The van der Waals surface area contributed by atoms with Crippen molar-refractivity contribution >= 4 is 0 Å². The van der Waals surface area contributed by atoms with Crippen LogP contribution in [0.4, 0.5) is 0 Å². The summed E-state index contributed by atoms with van der Waals surface area (Å²) in [5.41, 5.74) is 5.98. The zero-order chi connectivity index (χ0) is 10.6. The monoisotopic (exact) mass is 198 g/mol. The first-order valence-electron chi connectivity index (χ1n) is 6.14. The molecule has 84 valence electrons. The highest BCUT2D eigenvalue weighted by Gasteiger charge is 2.35. The van der Waals surface area contributed by atoms with Crippen LogP contribution in [0.2, 0.25) is 0 Å². The summed E-state index contributed by atoms with van der Waals surface area (Å²) in [7, 11) is 0. The van der Waals surface area contributed by atoms with E-state index in [1.54, 1.807) is 0 Å². The molecule has 0 aromatic carbocycles. The zero-order valence-corrected chi connectivity index (χ0v) is 9.92. The molecular weight excluding hydrogens is 172 g/mol. The van der Waals surface area contributed by atoms with Crippen molar-refractivity contribution in [3.63, 3.8) is 0 Å². The standard InChI is InChI=1S/C12H26N2/c1-4-5-10-8-12(10)14-7-6-11(13)9(2)3/h9-12,14H,4-8,13H2,1-3H3. The smallest absolute Gasteiger partial charge is 0.00991 e. The van der Waals surface area contributed by atoms with E-state index in [4.69, 9.17) is 5.73 Å². The van der Waals surface area contributed by atoms with Crippen LogP contribution in [0.25, 0.3) is 0 Å². The second-order valence-electron chi connectivity index (χ2n) is 5.04. The molecule has 2 nitrogen and oxygen atoms in total. The quantitative estimate of drug-likeness (QED) is 0.658. The van der Waals surface area contributed by atoms with E-state index in [0.29, 0.717) is 12.0 Å². The van der Waals surface area contributed by atoms with Gasteiger partial charge in [-0.3, -0.25) is 0 Å². The van der Waals surface area contributed by atoms with Gasteiger partial charge in [-0.15, -0.1) is 0 Å². The Labute approximate surface area is 88.6 Å². The molecule has 3 unspecified atom stereocenters. The van der Waals surface area contributed by atoms with Crippen LogP contribution < -0.4 is 11.1 Å². The van der Waals surface area contributed by atoms with Crippen molar-refractivity contribution in [2.45, 2.75) is 58.5 Å². The molecule has 0 bridgehead atoms. The first-order chi connectivity index (χ1) is 6.65. The van der Waals surface area contributed by atoms with Gasteiger partial charge in [-0.05, 0) is 37.6 Å². The molecule has 3 atom stereocenters. The van der Waals surface area contributed by atoms with Gasteiger partial charge in [0.1, 0.15) is 0 Å². The number of nitrogens with one attached hydrogen (secondary N) is 1. The van der Waals surface area contributed by atoms with Gasteiger partial charge >= 0.3 is 0 Å². The van der Waals surface area contributed by atoms with Crippen LogP contribution in [0, 0.1) is 11.8 Å². The lowest BCUT2D eigenvalue weighted by atomic mass is 10.0. The summed E-state index contributed by atoms with van der Waals surface area (Å²) in [4.78, 5) is 0. The Hall–Kier alpha value is -0.0800. The summed E-state index contributed by atoms with van der Waals surface area (Å²) in [6.45, 7) is 7.76. The van der Waals surface area contributed by atoms with E-state index in [1.165, 1.54) is 19.3 Å². The SMILES string of the molecule is CCCC1CC1NCCC(N)C(C)C. The van der Waals surface area contributed by atoms with Gasteiger partial charge in [0, 0.05) is 12.1 Å². The molecule has 14 heavy (non-hydrogen) atoms. The summed E-state index contributed by atoms with van der Waals surface area (Å²) in [6.07, 6.45) is 5.24. The molecule has 0 spiro atoms. The van der Waals surface area contributed by atoms with Gasteiger partial charge in [0.25, 0.3) is 0 Å². The second-order valence-corrected chi connectivity index (χ2v) is 5.04. The van der Waals surface area contributed by atoms with Gasteiger partial charge in [-0.2, -0.15) is 0 Å². The molecule has 0 radical (unpaired) electrons. The Morgan fingerprint density at radius 1 is 1.43 bits per heavy atom. The number of hydrogen-bond donors (Lipinski definition) is 2. The highest BCUT2D eigenvalue weighted by molar-refractivity contribution is 4.92. The summed E-state index contributed by atoms with van der Waals surface area (Å²) in [5, 5.41) is 3.60. The Morgan fingerprint density at radius 3 is 2.71 bits per heavy atom. The van der Waals surface area contributed by atoms with E-state index in [1.807, 2.05) is 0 Å². The van der Waals surface area contributed by atoms with Crippen LogP contribution in [0.3, 0.4) is 0 Å². The Kier molecular flexibility index (Phi) is 4.90. The largest absolute Gasteiger partial charge is 0.327 e. The minimum Gasteiger partial charge on any atom is -0.327 e. The number of rotatable bonds is 7. The fourth-order valence-electron chi connectivity index (χ4n) is 1.96. The molecule has 3 N–H and O–H groups in total. The molecule has 1 aliphatic carbocycles. The second kappa shape index (κ2) is 5.72. The molecular formula is C12H26N2. The topological polar surface area (TPSA) is 38.0 Å². The van der Waals surface area contributed by atoms with Crippen LogP contribution in [0.5, 0.6) is 0 Å². The predicted molar refractivity (Wildman–Crippen MR) is 62.2 cm³/mol. The van der Waals surface area contributed by atoms with Crippen molar-refractivity contribution in [3.8, 4) is 0 Å².